The van der Waals surface area contributed by atoms with Crippen molar-refractivity contribution in [3.05, 3.63) is 88.0 Å². The Morgan fingerprint density at radius 2 is 2.00 bits per heavy atom. The molecule has 0 atom stereocenters. The molecule has 0 fully saturated rings. The van der Waals surface area contributed by atoms with Gasteiger partial charge in [0, 0.05) is 0 Å². The molecule has 1 N–H and O–H groups in total. The van der Waals surface area contributed by atoms with Gasteiger partial charge < -0.3 is 4.74 Å². The monoisotopic (exact) mass is 392 g/mol. The highest BCUT2D eigenvalue weighted by molar-refractivity contribution is 7.71. The quantitative estimate of drug-likeness (QED) is 0.365. The predicted octanol–water partition coefficient (Wildman–Crippen LogP) is 5.13. The zero-order chi connectivity index (χ0) is 18.5. The maximum absolute atomic E-state index is 5.87. The first kappa shape index (κ1) is 17.4. The number of ether oxygens (including phenoxy) is 1. The second kappa shape index (κ2) is 8.11. The van der Waals surface area contributed by atoms with Crippen molar-refractivity contribution in [2.24, 2.45) is 5.10 Å². The number of nitrogens with zero attached hydrogens (tertiary/aromatic N) is 3. The van der Waals surface area contributed by atoms with Gasteiger partial charge in [0.25, 0.3) is 0 Å². The fraction of sp³-hybridized carbons (Fsp3) is 0.0500. The van der Waals surface area contributed by atoms with Crippen molar-refractivity contribution in [3.8, 4) is 16.5 Å². The molecule has 2 heterocycles. The fourth-order valence-corrected chi connectivity index (χ4v) is 3.39. The van der Waals surface area contributed by atoms with Crippen LogP contribution in [0.5, 0.6) is 5.75 Å². The molecule has 7 heteroatoms. The zero-order valence-corrected chi connectivity index (χ0v) is 15.9. The van der Waals surface area contributed by atoms with E-state index in [0.29, 0.717) is 17.2 Å². The molecule has 27 heavy (non-hydrogen) atoms. The molecule has 2 aromatic carbocycles. The lowest BCUT2D eigenvalue weighted by atomic mass is 10.2. The number of nitrogens with one attached hydrogen (secondary N) is 1. The van der Waals surface area contributed by atoms with Crippen molar-refractivity contribution in [1.29, 1.82) is 0 Å². The highest BCUT2D eigenvalue weighted by Crippen LogP contribution is 2.22. The largest absolute Gasteiger partial charge is 0.489 e. The molecule has 0 saturated heterocycles. The molecule has 5 nitrogen and oxygen atoms in total. The molecule has 0 radical (unpaired) electrons. The highest BCUT2D eigenvalue weighted by atomic mass is 32.1. The Hall–Kier alpha value is -3.03. The van der Waals surface area contributed by atoms with Gasteiger partial charge in [-0.1, -0.05) is 48.5 Å². The van der Waals surface area contributed by atoms with Crippen LogP contribution in [0, 0.1) is 4.77 Å². The van der Waals surface area contributed by atoms with E-state index in [1.165, 1.54) is 0 Å². The summed E-state index contributed by atoms with van der Waals surface area (Å²) in [5.41, 5.74) is 2.04. The van der Waals surface area contributed by atoms with Crippen LogP contribution in [-0.2, 0) is 6.61 Å². The van der Waals surface area contributed by atoms with Crippen molar-refractivity contribution in [2.75, 3.05) is 0 Å². The maximum atomic E-state index is 5.87. The average molecular weight is 393 g/mol. The first-order valence-electron chi connectivity index (χ1n) is 8.32. The third kappa shape index (κ3) is 4.21. The van der Waals surface area contributed by atoms with Crippen molar-refractivity contribution in [3.63, 3.8) is 0 Å². The minimum Gasteiger partial charge on any atom is -0.489 e. The van der Waals surface area contributed by atoms with Gasteiger partial charge in [-0.25, -0.2) is 5.10 Å². The summed E-state index contributed by atoms with van der Waals surface area (Å²) in [5, 5.41) is 13.6. The molecular weight excluding hydrogens is 376 g/mol. The third-order valence-corrected chi connectivity index (χ3v) is 4.95. The van der Waals surface area contributed by atoms with Gasteiger partial charge in [-0.3, -0.25) is 0 Å². The first-order chi connectivity index (χ1) is 13.3. The van der Waals surface area contributed by atoms with Gasteiger partial charge in [0.1, 0.15) is 12.4 Å². The summed E-state index contributed by atoms with van der Waals surface area (Å²) in [6.07, 6.45) is 1.75. The zero-order valence-electron chi connectivity index (χ0n) is 14.3. The van der Waals surface area contributed by atoms with Gasteiger partial charge in [-0.15, -0.1) is 11.3 Å². The Balaban J connectivity index is 1.52. The van der Waals surface area contributed by atoms with E-state index in [4.69, 9.17) is 17.0 Å². The number of hydrogen-bond donors (Lipinski definition) is 1. The van der Waals surface area contributed by atoms with Crippen LogP contribution in [0.15, 0.2) is 77.2 Å². The number of hydrogen-bond acceptors (Lipinski definition) is 5. The molecule has 0 aliphatic carbocycles. The molecule has 134 valence electrons. The summed E-state index contributed by atoms with van der Waals surface area (Å²) in [6.45, 7) is 0.525. The molecule has 0 unspecified atom stereocenters. The Labute approximate surface area is 165 Å². The molecule has 4 aromatic rings. The van der Waals surface area contributed by atoms with E-state index in [1.807, 2.05) is 72.1 Å². The molecule has 0 spiro atoms. The Bertz CT molecular complexity index is 1100. The lowest BCUT2D eigenvalue weighted by Gasteiger charge is -2.06. The van der Waals surface area contributed by atoms with Crippen molar-refractivity contribution in [1.82, 2.24) is 14.9 Å². The van der Waals surface area contributed by atoms with Crippen LogP contribution >= 0.6 is 23.6 Å². The predicted molar refractivity (Wildman–Crippen MR) is 111 cm³/mol. The summed E-state index contributed by atoms with van der Waals surface area (Å²) < 4.78 is 7.94. The van der Waals surface area contributed by atoms with Gasteiger partial charge in [0.05, 0.1) is 11.1 Å². The van der Waals surface area contributed by atoms with Crippen molar-refractivity contribution >= 4 is 29.8 Å². The van der Waals surface area contributed by atoms with Crippen LogP contribution in [0.3, 0.4) is 0 Å². The van der Waals surface area contributed by atoms with Crippen molar-refractivity contribution < 1.29 is 4.74 Å². The summed E-state index contributed by atoms with van der Waals surface area (Å²) >= 11 is 6.88. The molecular formula is C20H16N4OS2. The number of aromatic nitrogens is 3. The van der Waals surface area contributed by atoms with E-state index < -0.39 is 0 Å². The van der Waals surface area contributed by atoms with Crippen LogP contribution in [0.1, 0.15) is 11.1 Å². The van der Waals surface area contributed by atoms with Crippen LogP contribution in [-0.4, -0.2) is 21.1 Å². The molecule has 2 aromatic heterocycles. The maximum Gasteiger partial charge on any atom is 0.216 e. The lowest BCUT2D eigenvalue weighted by Crippen LogP contribution is -1.96. The van der Waals surface area contributed by atoms with Crippen LogP contribution < -0.4 is 4.74 Å². The number of thiophene rings is 1. The molecule has 0 saturated carbocycles. The van der Waals surface area contributed by atoms with Gasteiger partial charge in [0.2, 0.25) is 4.77 Å². The Morgan fingerprint density at radius 1 is 1.11 bits per heavy atom. The first-order valence-corrected chi connectivity index (χ1v) is 9.61. The number of rotatable bonds is 6. The van der Waals surface area contributed by atoms with Crippen LogP contribution in [0.4, 0.5) is 0 Å². The second-order valence-electron chi connectivity index (χ2n) is 5.73. The summed E-state index contributed by atoms with van der Waals surface area (Å²) in [6, 6.07) is 21.8. The third-order valence-electron chi connectivity index (χ3n) is 3.82. The van der Waals surface area contributed by atoms with E-state index in [-0.39, 0.29) is 0 Å². The van der Waals surface area contributed by atoms with Gasteiger partial charge in [-0.05, 0) is 46.9 Å². The molecule has 0 amide bonds. The van der Waals surface area contributed by atoms with E-state index in [2.05, 4.69) is 15.3 Å². The smallest absolute Gasteiger partial charge is 0.216 e. The summed E-state index contributed by atoms with van der Waals surface area (Å²) in [5.74, 6) is 1.49. The van der Waals surface area contributed by atoms with Crippen molar-refractivity contribution in [2.45, 2.75) is 6.61 Å². The second-order valence-corrected chi connectivity index (χ2v) is 7.07. The molecule has 0 aliphatic heterocycles. The average Bonchev–Trinajstić information content (AvgIpc) is 3.36. The normalized spacial score (nSPS) is 11.1. The number of benzene rings is 2. The van der Waals surface area contributed by atoms with Crippen LogP contribution in [0.2, 0.25) is 0 Å². The lowest BCUT2D eigenvalue weighted by molar-refractivity contribution is 0.306. The van der Waals surface area contributed by atoms with Gasteiger partial charge >= 0.3 is 0 Å². The Morgan fingerprint density at radius 3 is 2.81 bits per heavy atom. The van der Waals surface area contributed by atoms with Crippen LogP contribution in [0.25, 0.3) is 10.7 Å². The minimum absolute atomic E-state index is 0.450. The van der Waals surface area contributed by atoms with E-state index in [9.17, 15) is 0 Å². The Kier molecular flexibility index (Phi) is 5.22. The molecule has 0 aliphatic rings. The molecule has 0 bridgehead atoms. The fourth-order valence-electron chi connectivity index (χ4n) is 2.51. The SMILES string of the molecule is S=c1[nH]nc(-c2cccs2)n1/N=C/c1cccc(OCc2ccccc2)c1. The summed E-state index contributed by atoms with van der Waals surface area (Å²) in [7, 11) is 0. The van der Waals surface area contributed by atoms with E-state index in [1.54, 1.807) is 22.2 Å². The topological polar surface area (TPSA) is 55.2 Å². The van der Waals surface area contributed by atoms with Gasteiger partial charge in [0.15, 0.2) is 5.82 Å². The van der Waals surface area contributed by atoms with E-state index >= 15 is 0 Å². The minimum atomic E-state index is 0.450. The van der Waals surface area contributed by atoms with E-state index in [0.717, 1.165) is 21.8 Å². The number of aromatic amines is 1. The highest BCUT2D eigenvalue weighted by Gasteiger charge is 2.08. The summed E-state index contributed by atoms with van der Waals surface area (Å²) in [4.78, 5) is 0.999. The number of H-pyrrole nitrogens is 1. The standard InChI is InChI=1S/C20H16N4OS2/c26-20-23-22-19(18-10-5-11-27-18)24(20)21-13-16-8-4-9-17(12-16)25-14-15-6-2-1-3-7-15/h1-13H,14H2,(H,23,26)/b21-13+. The molecule has 4 rings (SSSR count). The van der Waals surface area contributed by atoms with Gasteiger partial charge in [-0.2, -0.15) is 14.9 Å².